The van der Waals surface area contributed by atoms with Crippen LogP contribution in [0.2, 0.25) is 0 Å². The normalized spacial score (nSPS) is 14.1. The van der Waals surface area contributed by atoms with E-state index in [9.17, 15) is 9.59 Å². The fraction of sp³-hybridized carbons (Fsp3) is 0.0417. The summed E-state index contributed by atoms with van der Waals surface area (Å²) in [6.45, 7) is 1.75. The summed E-state index contributed by atoms with van der Waals surface area (Å²) in [7, 11) is 0. The predicted molar refractivity (Wildman–Crippen MR) is 109 cm³/mol. The monoisotopic (exact) mass is 383 g/mol. The lowest BCUT2D eigenvalue weighted by molar-refractivity contribution is 0.0732. The average Bonchev–Trinajstić information content (AvgIpc) is 3.08. The number of nitrogens with zero attached hydrogens (tertiary/aromatic N) is 1. The number of ether oxygens (including phenoxy) is 2. The smallest absolute Gasteiger partial charge is 0.345 e. The van der Waals surface area contributed by atoms with Gasteiger partial charge < -0.3 is 9.47 Å². The zero-order chi connectivity index (χ0) is 20.2. The number of esters is 1. The van der Waals surface area contributed by atoms with Gasteiger partial charge in [-0.3, -0.25) is 9.78 Å². The number of benzene rings is 2. The minimum atomic E-state index is -0.521. The lowest BCUT2D eigenvalue weighted by atomic mass is 10.1. The van der Waals surface area contributed by atoms with Gasteiger partial charge in [0.25, 0.3) is 0 Å². The van der Waals surface area contributed by atoms with Crippen molar-refractivity contribution in [1.82, 2.24) is 4.98 Å². The van der Waals surface area contributed by atoms with E-state index in [1.165, 1.54) is 6.20 Å². The standard InChI is InChI=1S/C24H17NO4/c1-16-20(29-24(27)18-10-6-14-25-15-18)13-12-19-22(26)21(28-23(16)19)11-5-9-17-7-3-2-4-8-17/h2-15H,1H3/b9-5+,21-11-. The van der Waals surface area contributed by atoms with Crippen molar-refractivity contribution in [2.75, 3.05) is 0 Å². The number of hydrogen-bond acceptors (Lipinski definition) is 5. The highest BCUT2D eigenvalue weighted by Gasteiger charge is 2.30. The van der Waals surface area contributed by atoms with Crippen LogP contribution < -0.4 is 9.47 Å². The van der Waals surface area contributed by atoms with E-state index < -0.39 is 5.97 Å². The van der Waals surface area contributed by atoms with Crippen molar-refractivity contribution in [3.63, 3.8) is 0 Å². The molecule has 0 spiro atoms. The first-order valence-electron chi connectivity index (χ1n) is 9.05. The lowest BCUT2D eigenvalue weighted by Gasteiger charge is -2.09. The SMILES string of the molecule is Cc1c(OC(=O)c2cccnc2)ccc2c1O/C(=C\C=C\c1ccccc1)C2=O. The van der Waals surface area contributed by atoms with Gasteiger partial charge in [-0.15, -0.1) is 0 Å². The first-order valence-corrected chi connectivity index (χ1v) is 9.05. The summed E-state index contributed by atoms with van der Waals surface area (Å²) >= 11 is 0. The Morgan fingerprint density at radius 2 is 1.90 bits per heavy atom. The summed E-state index contributed by atoms with van der Waals surface area (Å²) in [5, 5.41) is 0. The maximum Gasteiger partial charge on any atom is 0.345 e. The minimum absolute atomic E-state index is 0.203. The summed E-state index contributed by atoms with van der Waals surface area (Å²) < 4.78 is 11.2. The van der Waals surface area contributed by atoms with Gasteiger partial charge in [0, 0.05) is 18.0 Å². The van der Waals surface area contributed by atoms with Gasteiger partial charge in [0.05, 0.1) is 11.1 Å². The van der Waals surface area contributed by atoms with E-state index in [-0.39, 0.29) is 11.5 Å². The minimum Gasteiger partial charge on any atom is -0.452 e. The number of carbonyl (C=O) groups is 2. The highest BCUT2D eigenvalue weighted by molar-refractivity contribution is 6.13. The number of pyridine rings is 1. The van der Waals surface area contributed by atoms with Crippen molar-refractivity contribution in [3.8, 4) is 11.5 Å². The van der Waals surface area contributed by atoms with Crippen LogP contribution in [0, 0.1) is 6.92 Å². The van der Waals surface area contributed by atoms with E-state index in [0.29, 0.717) is 28.2 Å². The van der Waals surface area contributed by atoms with Crippen LogP contribution in [0.3, 0.4) is 0 Å². The number of Topliss-reactive ketones (excluding diaryl/α,β-unsaturated/α-hetero) is 1. The maximum absolute atomic E-state index is 12.6. The molecular weight excluding hydrogens is 366 g/mol. The fourth-order valence-electron chi connectivity index (χ4n) is 2.95. The summed E-state index contributed by atoms with van der Waals surface area (Å²) in [5.74, 6) is 0.251. The molecule has 0 saturated carbocycles. The molecule has 0 N–H and O–H groups in total. The van der Waals surface area contributed by atoms with Crippen molar-refractivity contribution in [1.29, 1.82) is 0 Å². The van der Waals surface area contributed by atoms with Gasteiger partial charge in [0.1, 0.15) is 11.5 Å². The zero-order valence-electron chi connectivity index (χ0n) is 15.7. The van der Waals surface area contributed by atoms with Crippen LogP contribution in [-0.4, -0.2) is 16.7 Å². The third-order valence-electron chi connectivity index (χ3n) is 4.47. The number of carbonyl (C=O) groups excluding carboxylic acids is 2. The molecule has 0 amide bonds. The molecular formula is C24H17NO4. The van der Waals surface area contributed by atoms with Gasteiger partial charge in [-0.2, -0.15) is 0 Å². The molecule has 1 aromatic heterocycles. The molecule has 2 heterocycles. The van der Waals surface area contributed by atoms with Crippen molar-refractivity contribution >= 4 is 17.8 Å². The van der Waals surface area contributed by atoms with Crippen LogP contribution in [0.4, 0.5) is 0 Å². The zero-order valence-corrected chi connectivity index (χ0v) is 15.7. The summed E-state index contributed by atoms with van der Waals surface area (Å²) in [6.07, 6.45) is 8.31. The molecule has 0 fully saturated rings. The molecule has 29 heavy (non-hydrogen) atoms. The lowest BCUT2D eigenvalue weighted by Crippen LogP contribution is -2.09. The van der Waals surface area contributed by atoms with Crippen LogP contribution >= 0.6 is 0 Å². The Kier molecular flexibility index (Phi) is 5.03. The van der Waals surface area contributed by atoms with Crippen molar-refractivity contribution in [2.24, 2.45) is 0 Å². The molecule has 1 aliphatic rings. The van der Waals surface area contributed by atoms with Crippen molar-refractivity contribution in [3.05, 3.63) is 107 Å². The van der Waals surface area contributed by atoms with E-state index in [0.717, 1.165) is 5.56 Å². The molecule has 2 aromatic carbocycles. The van der Waals surface area contributed by atoms with Gasteiger partial charge in [0.15, 0.2) is 5.76 Å². The molecule has 142 valence electrons. The molecule has 5 heteroatoms. The second-order valence-corrected chi connectivity index (χ2v) is 6.43. The van der Waals surface area contributed by atoms with Crippen LogP contribution in [0.25, 0.3) is 6.08 Å². The molecule has 1 aliphatic heterocycles. The van der Waals surface area contributed by atoms with E-state index in [1.54, 1.807) is 49.5 Å². The van der Waals surface area contributed by atoms with Crippen LogP contribution in [-0.2, 0) is 0 Å². The third-order valence-corrected chi connectivity index (χ3v) is 4.47. The molecule has 0 atom stereocenters. The van der Waals surface area contributed by atoms with E-state index in [2.05, 4.69) is 4.98 Å². The molecule has 4 rings (SSSR count). The van der Waals surface area contributed by atoms with Crippen LogP contribution in [0.1, 0.15) is 31.8 Å². The average molecular weight is 383 g/mol. The molecule has 3 aromatic rings. The van der Waals surface area contributed by atoms with Crippen LogP contribution in [0.15, 0.2) is 84.9 Å². The van der Waals surface area contributed by atoms with E-state index in [1.807, 2.05) is 36.4 Å². The topological polar surface area (TPSA) is 65.5 Å². The number of rotatable bonds is 4. The van der Waals surface area contributed by atoms with Gasteiger partial charge in [-0.1, -0.05) is 42.5 Å². The van der Waals surface area contributed by atoms with Gasteiger partial charge >= 0.3 is 5.97 Å². The maximum atomic E-state index is 12.6. The first-order chi connectivity index (χ1) is 14.1. The van der Waals surface area contributed by atoms with Crippen molar-refractivity contribution in [2.45, 2.75) is 6.92 Å². The third kappa shape index (κ3) is 3.84. The summed E-state index contributed by atoms with van der Waals surface area (Å²) in [4.78, 5) is 28.8. The molecule has 0 bridgehead atoms. The second kappa shape index (κ2) is 7.94. The Bertz CT molecular complexity index is 1130. The van der Waals surface area contributed by atoms with E-state index >= 15 is 0 Å². The Morgan fingerprint density at radius 3 is 2.66 bits per heavy atom. The molecule has 0 saturated heterocycles. The van der Waals surface area contributed by atoms with Crippen molar-refractivity contribution < 1.29 is 19.1 Å². The number of allylic oxidation sites excluding steroid dienone is 3. The Hall–Kier alpha value is -3.99. The predicted octanol–water partition coefficient (Wildman–Crippen LogP) is 4.78. The number of hydrogen-bond donors (Lipinski definition) is 0. The first kappa shape index (κ1) is 18.4. The summed E-state index contributed by atoms with van der Waals surface area (Å²) in [6, 6.07) is 16.3. The fourth-order valence-corrected chi connectivity index (χ4v) is 2.95. The molecule has 5 nitrogen and oxygen atoms in total. The summed E-state index contributed by atoms with van der Waals surface area (Å²) in [5.41, 5.74) is 2.40. The number of ketones is 1. The molecule has 0 unspecified atom stereocenters. The number of fused-ring (bicyclic) bond motifs is 1. The molecule has 0 radical (unpaired) electrons. The van der Waals surface area contributed by atoms with Crippen LogP contribution in [0.5, 0.6) is 11.5 Å². The molecule has 0 aliphatic carbocycles. The van der Waals surface area contributed by atoms with E-state index in [4.69, 9.17) is 9.47 Å². The highest BCUT2D eigenvalue weighted by Crippen LogP contribution is 2.39. The van der Waals surface area contributed by atoms with Gasteiger partial charge in [-0.25, -0.2) is 4.79 Å². The largest absolute Gasteiger partial charge is 0.452 e. The quantitative estimate of drug-likeness (QED) is 0.368. The Labute approximate surface area is 167 Å². The van der Waals surface area contributed by atoms with Gasteiger partial charge in [0.2, 0.25) is 5.78 Å². The van der Waals surface area contributed by atoms with Gasteiger partial charge in [-0.05, 0) is 42.8 Å². The Morgan fingerprint density at radius 1 is 1.07 bits per heavy atom. The number of aromatic nitrogens is 1. The Balaban J connectivity index is 1.55. The highest BCUT2D eigenvalue weighted by atomic mass is 16.5. The second-order valence-electron chi connectivity index (χ2n) is 6.43.